The highest BCUT2D eigenvalue weighted by Crippen LogP contribution is 2.37. The van der Waals surface area contributed by atoms with Crippen LogP contribution in [0.25, 0.3) is 0 Å². The normalized spacial score (nSPS) is 20.2. The fourth-order valence-corrected chi connectivity index (χ4v) is 2.93. The summed E-state index contributed by atoms with van der Waals surface area (Å²) in [4.78, 5) is 0. The summed E-state index contributed by atoms with van der Waals surface area (Å²) >= 11 is 9.62. The van der Waals surface area contributed by atoms with Gasteiger partial charge in [-0.2, -0.15) is 0 Å². The van der Waals surface area contributed by atoms with Crippen molar-refractivity contribution in [3.63, 3.8) is 0 Å². The van der Waals surface area contributed by atoms with Crippen LogP contribution >= 0.6 is 27.5 Å². The van der Waals surface area contributed by atoms with Crippen molar-refractivity contribution in [3.05, 3.63) is 27.7 Å². The van der Waals surface area contributed by atoms with E-state index in [-0.39, 0.29) is 0 Å². The molecule has 1 aliphatic rings. The molecular weight excluding hydrogens is 298 g/mol. The molecule has 1 N–H and O–H groups in total. The standard InChI is InChI=1S/C14H19BrClN/c1-14(2)8-6-10(7-9-14)17-12-5-3-4-11(16)13(12)15/h3-5,10,17H,6-9H2,1-2H3. The fourth-order valence-electron chi connectivity index (χ4n) is 2.38. The molecule has 1 aromatic rings. The summed E-state index contributed by atoms with van der Waals surface area (Å²) in [5, 5.41) is 4.37. The number of hydrogen-bond donors (Lipinski definition) is 1. The zero-order valence-electron chi connectivity index (χ0n) is 10.4. The lowest BCUT2D eigenvalue weighted by atomic mass is 9.75. The van der Waals surface area contributed by atoms with E-state index in [0.717, 1.165) is 15.2 Å². The first-order valence-corrected chi connectivity index (χ1v) is 7.36. The van der Waals surface area contributed by atoms with Gasteiger partial charge in [0.2, 0.25) is 0 Å². The molecule has 0 aromatic heterocycles. The highest BCUT2D eigenvalue weighted by Gasteiger charge is 2.26. The molecule has 0 amide bonds. The van der Waals surface area contributed by atoms with E-state index in [9.17, 15) is 0 Å². The Hall–Kier alpha value is -0.210. The van der Waals surface area contributed by atoms with E-state index in [1.807, 2.05) is 12.1 Å². The van der Waals surface area contributed by atoms with Gasteiger partial charge in [-0.05, 0) is 59.2 Å². The molecule has 0 atom stereocenters. The van der Waals surface area contributed by atoms with Gasteiger partial charge in [0.15, 0.2) is 0 Å². The van der Waals surface area contributed by atoms with Crippen LogP contribution < -0.4 is 5.32 Å². The van der Waals surface area contributed by atoms with Gasteiger partial charge >= 0.3 is 0 Å². The molecule has 0 spiro atoms. The Kier molecular flexibility index (Phi) is 4.04. The summed E-state index contributed by atoms with van der Waals surface area (Å²) in [6, 6.07) is 6.55. The van der Waals surface area contributed by atoms with Crippen LogP contribution in [-0.4, -0.2) is 6.04 Å². The predicted molar refractivity (Wildman–Crippen MR) is 78.8 cm³/mol. The SMILES string of the molecule is CC1(C)CCC(Nc2cccc(Cl)c2Br)CC1. The van der Waals surface area contributed by atoms with E-state index in [1.54, 1.807) is 0 Å². The summed E-state index contributed by atoms with van der Waals surface area (Å²) in [7, 11) is 0. The molecule has 1 saturated carbocycles. The monoisotopic (exact) mass is 315 g/mol. The minimum Gasteiger partial charge on any atom is -0.381 e. The summed E-state index contributed by atoms with van der Waals surface area (Å²) in [6.45, 7) is 4.72. The second kappa shape index (κ2) is 5.19. The average Bonchev–Trinajstić information content (AvgIpc) is 2.27. The molecular formula is C14H19BrClN. The summed E-state index contributed by atoms with van der Waals surface area (Å²) in [5.41, 5.74) is 1.63. The largest absolute Gasteiger partial charge is 0.381 e. The number of nitrogens with one attached hydrogen (secondary N) is 1. The van der Waals surface area contributed by atoms with E-state index < -0.39 is 0 Å². The minimum absolute atomic E-state index is 0.518. The molecule has 2 rings (SSSR count). The molecule has 1 fully saturated rings. The number of hydrogen-bond acceptors (Lipinski definition) is 1. The molecule has 3 heteroatoms. The Bertz CT molecular complexity index is 393. The van der Waals surface area contributed by atoms with Gasteiger partial charge in [0.25, 0.3) is 0 Å². The first kappa shape index (κ1) is 13.2. The zero-order chi connectivity index (χ0) is 12.5. The molecule has 0 heterocycles. The van der Waals surface area contributed by atoms with Crippen molar-refractivity contribution in [1.82, 2.24) is 0 Å². The highest BCUT2D eigenvalue weighted by molar-refractivity contribution is 9.10. The van der Waals surface area contributed by atoms with Crippen molar-refractivity contribution < 1.29 is 0 Å². The average molecular weight is 317 g/mol. The van der Waals surface area contributed by atoms with E-state index in [2.05, 4.69) is 41.2 Å². The van der Waals surface area contributed by atoms with Crippen molar-refractivity contribution in [2.45, 2.75) is 45.6 Å². The second-order valence-electron chi connectivity index (χ2n) is 5.68. The summed E-state index contributed by atoms with van der Waals surface area (Å²) in [5.74, 6) is 0. The van der Waals surface area contributed by atoms with E-state index >= 15 is 0 Å². The van der Waals surface area contributed by atoms with Gasteiger partial charge in [0.1, 0.15) is 0 Å². The number of anilines is 1. The Morgan fingerprint density at radius 1 is 1.29 bits per heavy atom. The van der Waals surface area contributed by atoms with Gasteiger partial charge in [0.05, 0.1) is 15.2 Å². The van der Waals surface area contributed by atoms with Gasteiger partial charge in [-0.1, -0.05) is 31.5 Å². The maximum Gasteiger partial charge on any atom is 0.0593 e. The quantitative estimate of drug-likeness (QED) is 0.761. The van der Waals surface area contributed by atoms with Crippen molar-refractivity contribution in [3.8, 4) is 0 Å². The number of halogens is 2. The molecule has 0 saturated heterocycles. The Morgan fingerprint density at radius 3 is 2.59 bits per heavy atom. The van der Waals surface area contributed by atoms with Crippen LogP contribution in [0.15, 0.2) is 22.7 Å². The maximum absolute atomic E-state index is 6.09. The summed E-state index contributed by atoms with van der Waals surface area (Å²) < 4.78 is 0.978. The van der Waals surface area contributed by atoms with Crippen LogP contribution in [0, 0.1) is 5.41 Å². The lowest BCUT2D eigenvalue weighted by molar-refractivity contribution is 0.232. The third kappa shape index (κ3) is 3.38. The van der Waals surface area contributed by atoms with Crippen LogP contribution in [-0.2, 0) is 0 Å². The van der Waals surface area contributed by atoms with Gasteiger partial charge in [0, 0.05) is 6.04 Å². The Balaban J connectivity index is 2.00. The van der Waals surface area contributed by atoms with Crippen LogP contribution in [0.2, 0.25) is 5.02 Å². The van der Waals surface area contributed by atoms with Crippen molar-refractivity contribution in [2.24, 2.45) is 5.41 Å². The number of rotatable bonds is 2. The van der Waals surface area contributed by atoms with Gasteiger partial charge in [-0.15, -0.1) is 0 Å². The van der Waals surface area contributed by atoms with Gasteiger partial charge < -0.3 is 5.32 Å². The molecule has 1 aliphatic carbocycles. The highest BCUT2D eigenvalue weighted by atomic mass is 79.9. The molecule has 0 aliphatic heterocycles. The third-order valence-corrected chi connectivity index (χ3v) is 5.05. The van der Waals surface area contributed by atoms with E-state index in [0.29, 0.717) is 11.5 Å². The molecule has 17 heavy (non-hydrogen) atoms. The lowest BCUT2D eigenvalue weighted by Gasteiger charge is -2.35. The lowest BCUT2D eigenvalue weighted by Crippen LogP contribution is -2.29. The van der Waals surface area contributed by atoms with Crippen LogP contribution in [0.5, 0.6) is 0 Å². The molecule has 0 radical (unpaired) electrons. The molecule has 1 aromatic carbocycles. The van der Waals surface area contributed by atoms with E-state index in [4.69, 9.17) is 11.6 Å². The second-order valence-corrected chi connectivity index (χ2v) is 6.88. The first-order chi connectivity index (χ1) is 7.98. The Morgan fingerprint density at radius 2 is 1.94 bits per heavy atom. The zero-order valence-corrected chi connectivity index (χ0v) is 12.7. The van der Waals surface area contributed by atoms with Gasteiger partial charge in [-0.3, -0.25) is 0 Å². The third-order valence-electron chi connectivity index (χ3n) is 3.65. The first-order valence-electron chi connectivity index (χ1n) is 6.18. The van der Waals surface area contributed by atoms with Crippen molar-refractivity contribution in [1.29, 1.82) is 0 Å². The summed E-state index contributed by atoms with van der Waals surface area (Å²) in [6.07, 6.45) is 5.07. The smallest absolute Gasteiger partial charge is 0.0593 e. The predicted octanol–water partition coefficient (Wildman–Crippen LogP) is 5.48. The van der Waals surface area contributed by atoms with Crippen LogP contribution in [0.3, 0.4) is 0 Å². The topological polar surface area (TPSA) is 12.0 Å². The maximum atomic E-state index is 6.09. The molecule has 0 unspecified atom stereocenters. The van der Waals surface area contributed by atoms with Crippen LogP contribution in [0.4, 0.5) is 5.69 Å². The van der Waals surface area contributed by atoms with Crippen LogP contribution in [0.1, 0.15) is 39.5 Å². The van der Waals surface area contributed by atoms with Crippen molar-refractivity contribution >= 4 is 33.2 Å². The Labute approximate surface area is 117 Å². The molecule has 0 bridgehead atoms. The van der Waals surface area contributed by atoms with Crippen molar-refractivity contribution in [2.75, 3.05) is 5.32 Å². The van der Waals surface area contributed by atoms with Gasteiger partial charge in [-0.25, -0.2) is 0 Å². The molecule has 94 valence electrons. The number of benzene rings is 1. The minimum atomic E-state index is 0.518. The van der Waals surface area contributed by atoms with E-state index in [1.165, 1.54) is 25.7 Å². The molecule has 1 nitrogen and oxygen atoms in total. The fraction of sp³-hybridized carbons (Fsp3) is 0.571.